The molecule has 1 rings (SSSR count). The molecule has 0 atom stereocenters. The Bertz CT molecular complexity index is 400. The topological polar surface area (TPSA) is 21.3 Å². The van der Waals surface area contributed by atoms with Crippen LogP contribution in [-0.2, 0) is 6.42 Å². The van der Waals surface area contributed by atoms with Gasteiger partial charge >= 0.3 is 0 Å². The number of hydrogen-bond acceptors (Lipinski definition) is 2. The van der Waals surface area contributed by atoms with Gasteiger partial charge in [0.05, 0.1) is 7.11 Å². The fraction of sp³-hybridized carbons (Fsp3) is 0.667. The van der Waals surface area contributed by atoms with Crippen LogP contribution in [0.2, 0.25) is 0 Å². The van der Waals surface area contributed by atoms with Crippen molar-refractivity contribution < 1.29 is 4.74 Å². The first-order valence-corrected chi connectivity index (χ1v) is 7.74. The number of aryl methyl sites for hydroxylation is 3. The zero-order valence-electron chi connectivity index (χ0n) is 14.1. The molecule has 0 saturated carbocycles. The fourth-order valence-electron chi connectivity index (χ4n) is 2.68. The van der Waals surface area contributed by atoms with Crippen molar-refractivity contribution in [3.63, 3.8) is 0 Å². The predicted octanol–water partition coefficient (Wildman–Crippen LogP) is 4.27. The van der Waals surface area contributed by atoms with Gasteiger partial charge in [-0.25, -0.2) is 0 Å². The number of rotatable bonds is 8. The van der Waals surface area contributed by atoms with E-state index in [9.17, 15) is 0 Å². The van der Waals surface area contributed by atoms with Crippen molar-refractivity contribution in [1.82, 2.24) is 5.32 Å². The lowest BCUT2D eigenvalue weighted by molar-refractivity contribution is 0.315. The minimum Gasteiger partial charge on any atom is -0.496 e. The Morgan fingerprint density at radius 2 is 1.75 bits per heavy atom. The summed E-state index contributed by atoms with van der Waals surface area (Å²) in [4.78, 5) is 0. The van der Waals surface area contributed by atoms with Crippen LogP contribution in [0.25, 0.3) is 0 Å². The summed E-state index contributed by atoms with van der Waals surface area (Å²) in [5.74, 6) is 1.03. The van der Waals surface area contributed by atoms with Gasteiger partial charge in [-0.3, -0.25) is 0 Å². The Morgan fingerprint density at radius 1 is 1.15 bits per heavy atom. The van der Waals surface area contributed by atoms with Gasteiger partial charge in [0.1, 0.15) is 5.75 Å². The lowest BCUT2D eigenvalue weighted by Crippen LogP contribution is -2.30. The molecule has 0 bridgehead atoms. The fourth-order valence-corrected chi connectivity index (χ4v) is 2.68. The number of hydrogen-bond donors (Lipinski definition) is 1. The molecule has 0 spiro atoms. The third-order valence-electron chi connectivity index (χ3n) is 3.85. The molecule has 0 fully saturated rings. The highest BCUT2D eigenvalue weighted by molar-refractivity contribution is 5.43. The van der Waals surface area contributed by atoms with E-state index in [1.165, 1.54) is 29.5 Å². The van der Waals surface area contributed by atoms with E-state index in [-0.39, 0.29) is 0 Å². The first-order valence-electron chi connectivity index (χ1n) is 7.74. The van der Waals surface area contributed by atoms with E-state index in [1.807, 2.05) is 0 Å². The zero-order valence-corrected chi connectivity index (χ0v) is 14.1. The Balaban J connectivity index is 2.61. The van der Waals surface area contributed by atoms with Crippen LogP contribution in [0, 0.1) is 19.3 Å². The molecule has 0 saturated heterocycles. The highest BCUT2D eigenvalue weighted by Crippen LogP contribution is 2.27. The van der Waals surface area contributed by atoms with Gasteiger partial charge in [0.2, 0.25) is 0 Å². The van der Waals surface area contributed by atoms with Gasteiger partial charge in [-0.1, -0.05) is 32.9 Å². The maximum absolute atomic E-state index is 5.43. The summed E-state index contributed by atoms with van der Waals surface area (Å²) < 4.78 is 5.43. The molecule has 0 aliphatic carbocycles. The smallest absolute Gasteiger partial charge is 0.124 e. The second kappa shape index (κ2) is 7.68. The summed E-state index contributed by atoms with van der Waals surface area (Å²) in [6, 6.07) is 4.53. The molecule has 2 heteroatoms. The molecule has 1 aromatic rings. The summed E-state index contributed by atoms with van der Waals surface area (Å²) in [6.07, 6.45) is 3.54. The van der Waals surface area contributed by atoms with Crippen LogP contribution in [0.4, 0.5) is 0 Å². The van der Waals surface area contributed by atoms with E-state index >= 15 is 0 Å². The van der Waals surface area contributed by atoms with Crippen LogP contribution in [0.5, 0.6) is 5.75 Å². The van der Waals surface area contributed by atoms with Crippen molar-refractivity contribution in [2.24, 2.45) is 5.41 Å². The van der Waals surface area contributed by atoms with E-state index in [2.05, 4.69) is 52.1 Å². The minimum atomic E-state index is 0.344. The standard InChI is InChI=1S/C18H31NO/c1-7-10-19-13-18(4,5)9-8-16-11-14(2)17(20-6)15(3)12-16/h11-12,19H,7-10,13H2,1-6H3. The quantitative estimate of drug-likeness (QED) is 0.716. The molecule has 0 aliphatic rings. The van der Waals surface area contributed by atoms with Gasteiger partial charge < -0.3 is 10.1 Å². The maximum atomic E-state index is 5.43. The highest BCUT2D eigenvalue weighted by Gasteiger charge is 2.17. The summed E-state index contributed by atoms with van der Waals surface area (Å²) in [6.45, 7) is 13.4. The molecule has 1 aromatic carbocycles. The molecule has 114 valence electrons. The van der Waals surface area contributed by atoms with E-state index in [1.54, 1.807) is 7.11 Å². The Kier molecular flexibility index (Phi) is 6.54. The summed E-state index contributed by atoms with van der Waals surface area (Å²) in [5.41, 5.74) is 4.25. The Morgan fingerprint density at radius 3 is 2.25 bits per heavy atom. The summed E-state index contributed by atoms with van der Waals surface area (Å²) in [7, 11) is 1.75. The molecule has 2 nitrogen and oxygen atoms in total. The van der Waals surface area contributed by atoms with Gasteiger partial charge in [0.25, 0.3) is 0 Å². The van der Waals surface area contributed by atoms with Crippen molar-refractivity contribution >= 4 is 0 Å². The van der Waals surface area contributed by atoms with E-state index in [0.717, 1.165) is 25.3 Å². The molecule has 0 amide bonds. The van der Waals surface area contributed by atoms with Gasteiger partial charge in [-0.2, -0.15) is 0 Å². The number of methoxy groups -OCH3 is 1. The first-order chi connectivity index (χ1) is 9.39. The van der Waals surface area contributed by atoms with Crippen molar-refractivity contribution in [2.45, 2.75) is 53.9 Å². The zero-order chi connectivity index (χ0) is 15.2. The maximum Gasteiger partial charge on any atom is 0.124 e. The van der Waals surface area contributed by atoms with Gasteiger partial charge in [-0.05, 0) is 61.8 Å². The number of benzene rings is 1. The molecule has 0 aliphatic heterocycles. The third kappa shape index (κ3) is 5.16. The minimum absolute atomic E-state index is 0.344. The molecule has 0 heterocycles. The second-order valence-corrected chi connectivity index (χ2v) is 6.60. The lowest BCUT2D eigenvalue weighted by atomic mass is 9.85. The normalized spacial score (nSPS) is 11.7. The molecule has 0 radical (unpaired) electrons. The van der Waals surface area contributed by atoms with Crippen molar-refractivity contribution in [3.05, 3.63) is 28.8 Å². The van der Waals surface area contributed by atoms with Crippen LogP contribution >= 0.6 is 0 Å². The van der Waals surface area contributed by atoms with Crippen LogP contribution in [0.3, 0.4) is 0 Å². The second-order valence-electron chi connectivity index (χ2n) is 6.60. The Hall–Kier alpha value is -1.02. The molecule has 0 unspecified atom stereocenters. The average Bonchev–Trinajstić information content (AvgIpc) is 2.36. The SMILES string of the molecule is CCCNCC(C)(C)CCc1cc(C)c(OC)c(C)c1. The molecule has 1 N–H and O–H groups in total. The number of nitrogens with one attached hydrogen (secondary N) is 1. The van der Waals surface area contributed by atoms with E-state index < -0.39 is 0 Å². The molecular weight excluding hydrogens is 246 g/mol. The van der Waals surface area contributed by atoms with Gasteiger partial charge in [-0.15, -0.1) is 0 Å². The monoisotopic (exact) mass is 277 g/mol. The van der Waals surface area contributed by atoms with Crippen LogP contribution in [0.15, 0.2) is 12.1 Å². The Labute approximate surface area is 124 Å². The summed E-state index contributed by atoms with van der Waals surface area (Å²) in [5, 5.41) is 3.53. The highest BCUT2D eigenvalue weighted by atomic mass is 16.5. The molecule has 20 heavy (non-hydrogen) atoms. The van der Waals surface area contributed by atoms with Gasteiger partial charge in [0, 0.05) is 6.54 Å². The lowest BCUT2D eigenvalue weighted by Gasteiger charge is -2.25. The van der Waals surface area contributed by atoms with E-state index in [4.69, 9.17) is 4.74 Å². The molecular formula is C18H31NO. The van der Waals surface area contributed by atoms with Crippen LogP contribution in [-0.4, -0.2) is 20.2 Å². The van der Waals surface area contributed by atoms with Crippen molar-refractivity contribution in [1.29, 1.82) is 0 Å². The van der Waals surface area contributed by atoms with E-state index in [0.29, 0.717) is 5.41 Å². The predicted molar refractivity (Wildman–Crippen MR) is 87.7 cm³/mol. The number of ether oxygens (including phenoxy) is 1. The van der Waals surface area contributed by atoms with Crippen molar-refractivity contribution in [2.75, 3.05) is 20.2 Å². The first kappa shape index (κ1) is 17.0. The summed E-state index contributed by atoms with van der Waals surface area (Å²) >= 11 is 0. The van der Waals surface area contributed by atoms with Crippen LogP contribution < -0.4 is 10.1 Å². The third-order valence-corrected chi connectivity index (χ3v) is 3.85. The largest absolute Gasteiger partial charge is 0.496 e. The molecule has 0 aromatic heterocycles. The van der Waals surface area contributed by atoms with Crippen LogP contribution in [0.1, 0.15) is 50.3 Å². The van der Waals surface area contributed by atoms with Gasteiger partial charge in [0.15, 0.2) is 0 Å². The van der Waals surface area contributed by atoms with Crippen molar-refractivity contribution in [3.8, 4) is 5.75 Å². The average molecular weight is 277 g/mol.